The second-order valence-electron chi connectivity index (χ2n) is 9.83. The minimum atomic E-state index is -4.05. The minimum Gasteiger partial charge on any atom is -0.497 e. The van der Waals surface area contributed by atoms with Gasteiger partial charge in [0.25, 0.3) is 0 Å². The number of aliphatic carboxylic acids is 1. The maximum atomic E-state index is 14.6. The highest BCUT2D eigenvalue weighted by atomic mass is 32.2. The Hall–Kier alpha value is -3.34. The maximum Gasteiger partial charge on any atom is 0.331 e. The van der Waals surface area contributed by atoms with Crippen molar-refractivity contribution in [2.75, 3.05) is 13.4 Å². The first-order valence-electron chi connectivity index (χ1n) is 13.4. The molecule has 0 spiro atoms. The Morgan fingerprint density at radius 3 is 2.46 bits per heavy atom. The van der Waals surface area contributed by atoms with Gasteiger partial charge in [0.2, 0.25) is 10.0 Å². The molecule has 1 aliphatic heterocycles. The van der Waals surface area contributed by atoms with Gasteiger partial charge < -0.3 is 14.6 Å². The molecule has 1 heterocycles. The molecular formula is C31H34FNO6S2. The number of halogens is 1. The van der Waals surface area contributed by atoms with E-state index in [2.05, 4.69) is 6.92 Å². The Balaban J connectivity index is 1.91. The van der Waals surface area contributed by atoms with E-state index in [1.807, 2.05) is 36.6 Å². The molecule has 0 radical (unpaired) electrons. The van der Waals surface area contributed by atoms with Crippen molar-refractivity contribution in [2.24, 2.45) is 0 Å². The zero-order valence-corrected chi connectivity index (χ0v) is 24.9. The molecule has 0 saturated heterocycles. The van der Waals surface area contributed by atoms with Gasteiger partial charge in [-0.05, 0) is 66.1 Å². The van der Waals surface area contributed by atoms with Crippen LogP contribution in [0.3, 0.4) is 0 Å². The molecule has 0 saturated carbocycles. The third-order valence-corrected chi connectivity index (χ3v) is 9.95. The second kappa shape index (κ2) is 13.5. The third-order valence-electron chi connectivity index (χ3n) is 7.24. The first-order valence-corrected chi connectivity index (χ1v) is 16.0. The van der Waals surface area contributed by atoms with E-state index in [-0.39, 0.29) is 35.0 Å². The van der Waals surface area contributed by atoms with Gasteiger partial charge in [-0.3, -0.25) is 0 Å². The minimum absolute atomic E-state index is 0.0934. The molecule has 218 valence electrons. The Morgan fingerprint density at radius 2 is 1.85 bits per heavy atom. The van der Waals surface area contributed by atoms with E-state index in [4.69, 9.17) is 14.6 Å². The summed E-state index contributed by atoms with van der Waals surface area (Å²) in [5.41, 5.74) is 2.25. The summed E-state index contributed by atoms with van der Waals surface area (Å²) in [7, 11) is -2.47. The summed E-state index contributed by atoms with van der Waals surface area (Å²) >= 11 is 1.37. The average Bonchev–Trinajstić information content (AvgIpc) is 3.04. The SMILES string of the molecule is CCCCC1CC(c2ccc(F)cc2)c2cc(SC)c(O/C=C/C(=O)O)cc2S(=O)(=O)N1Cc1ccc(OC)cc1. The zero-order chi connectivity index (χ0) is 29.6. The number of sulfonamides is 1. The number of hydrogen-bond donors (Lipinski definition) is 1. The maximum absolute atomic E-state index is 14.6. The van der Waals surface area contributed by atoms with Crippen molar-refractivity contribution in [3.05, 3.63) is 95.5 Å². The summed E-state index contributed by atoms with van der Waals surface area (Å²) in [6, 6.07) is 16.5. The Labute approximate surface area is 245 Å². The molecule has 1 N–H and O–H groups in total. The topological polar surface area (TPSA) is 93.1 Å². The summed E-state index contributed by atoms with van der Waals surface area (Å²) < 4.78 is 55.5. The van der Waals surface area contributed by atoms with E-state index in [1.165, 1.54) is 30.0 Å². The fourth-order valence-corrected chi connectivity index (χ4v) is 7.61. The molecule has 3 aromatic rings. The number of hydrogen-bond acceptors (Lipinski definition) is 6. The number of thioether (sulfide) groups is 1. The quantitative estimate of drug-likeness (QED) is 0.147. The molecule has 0 aromatic heterocycles. The number of carboxylic acid groups (broad SMARTS) is 1. The van der Waals surface area contributed by atoms with Crippen LogP contribution in [-0.2, 0) is 21.4 Å². The van der Waals surface area contributed by atoms with Crippen molar-refractivity contribution < 1.29 is 32.2 Å². The Kier molecular flexibility index (Phi) is 10.1. The predicted octanol–water partition coefficient (Wildman–Crippen LogP) is 6.82. The Bertz CT molecular complexity index is 1490. The van der Waals surface area contributed by atoms with Gasteiger partial charge in [-0.15, -0.1) is 11.8 Å². The highest BCUT2D eigenvalue weighted by Crippen LogP contribution is 2.45. The number of fused-ring (bicyclic) bond motifs is 1. The second-order valence-corrected chi connectivity index (χ2v) is 12.5. The number of methoxy groups -OCH3 is 1. The number of nitrogens with zero attached hydrogens (tertiary/aromatic N) is 1. The van der Waals surface area contributed by atoms with Gasteiger partial charge in [0.05, 0.1) is 29.2 Å². The van der Waals surface area contributed by atoms with Crippen LogP contribution in [0.1, 0.15) is 55.2 Å². The molecule has 10 heteroatoms. The molecule has 3 aromatic carbocycles. The first kappa shape index (κ1) is 30.6. The van der Waals surface area contributed by atoms with Gasteiger partial charge in [-0.25, -0.2) is 17.6 Å². The Morgan fingerprint density at radius 1 is 1.15 bits per heavy atom. The van der Waals surface area contributed by atoms with E-state index in [1.54, 1.807) is 23.5 Å². The molecule has 0 bridgehead atoms. The molecule has 2 atom stereocenters. The molecule has 41 heavy (non-hydrogen) atoms. The number of carboxylic acids is 1. The van der Waals surface area contributed by atoms with Crippen LogP contribution < -0.4 is 9.47 Å². The van der Waals surface area contributed by atoms with Crippen molar-refractivity contribution in [3.63, 3.8) is 0 Å². The van der Waals surface area contributed by atoms with Crippen LogP contribution in [0.15, 0.2) is 82.8 Å². The smallest absolute Gasteiger partial charge is 0.331 e. The van der Waals surface area contributed by atoms with Crippen LogP contribution in [0, 0.1) is 5.82 Å². The van der Waals surface area contributed by atoms with Gasteiger partial charge in [0, 0.05) is 24.6 Å². The number of carbonyl (C=O) groups is 1. The van der Waals surface area contributed by atoms with E-state index in [0.717, 1.165) is 36.3 Å². The van der Waals surface area contributed by atoms with Crippen molar-refractivity contribution in [1.82, 2.24) is 4.31 Å². The summed E-state index contributed by atoms with van der Waals surface area (Å²) in [5, 5.41) is 9.01. The van der Waals surface area contributed by atoms with Crippen molar-refractivity contribution >= 4 is 27.8 Å². The fraction of sp³-hybridized carbons (Fsp3) is 0.323. The molecule has 2 unspecified atom stereocenters. The van der Waals surface area contributed by atoms with Crippen LogP contribution in [0.2, 0.25) is 0 Å². The summed E-state index contributed by atoms with van der Waals surface area (Å²) in [5.74, 6) is -0.946. The van der Waals surface area contributed by atoms with Crippen molar-refractivity contribution in [2.45, 2.75) is 60.9 Å². The van der Waals surface area contributed by atoms with E-state index < -0.39 is 16.0 Å². The van der Waals surface area contributed by atoms with Crippen LogP contribution in [0.5, 0.6) is 11.5 Å². The van der Waals surface area contributed by atoms with Gasteiger partial charge in [0.1, 0.15) is 17.3 Å². The van der Waals surface area contributed by atoms with Crippen LogP contribution >= 0.6 is 11.8 Å². The number of rotatable bonds is 11. The lowest BCUT2D eigenvalue weighted by Crippen LogP contribution is -2.39. The molecule has 4 rings (SSSR count). The lowest BCUT2D eigenvalue weighted by Gasteiger charge is -2.30. The summed E-state index contributed by atoms with van der Waals surface area (Å²) in [6.45, 7) is 2.24. The first-order chi connectivity index (χ1) is 19.7. The monoisotopic (exact) mass is 599 g/mol. The van der Waals surface area contributed by atoms with Gasteiger partial charge in [-0.2, -0.15) is 4.31 Å². The van der Waals surface area contributed by atoms with E-state index >= 15 is 0 Å². The van der Waals surface area contributed by atoms with E-state index in [0.29, 0.717) is 29.1 Å². The van der Waals surface area contributed by atoms with Gasteiger partial charge in [-0.1, -0.05) is 44.0 Å². The van der Waals surface area contributed by atoms with Gasteiger partial charge in [0.15, 0.2) is 0 Å². The predicted molar refractivity (Wildman–Crippen MR) is 158 cm³/mol. The zero-order valence-electron chi connectivity index (χ0n) is 23.2. The standard InChI is InChI=1S/C31H34FNO6S2/c1-4-5-6-24-17-26(22-9-11-23(32)12-10-22)27-18-29(40-3)28(39-16-15-31(34)35)19-30(27)41(36,37)33(24)20-21-7-13-25(38-2)14-8-21/h7-16,18-19,24,26H,4-6,17,20H2,1-3H3,(H,34,35)/b16-15+. The van der Waals surface area contributed by atoms with Crippen molar-refractivity contribution in [3.8, 4) is 11.5 Å². The number of ether oxygens (including phenoxy) is 2. The molecular weight excluding hydrogens is 565 g/mol. The average molecular weight is 600 g/mol. The lowest BCUT2D eigenvalue weighted by atomic mass is 9.84. The summed E-state index contributed by atoms with van der Waals surface area (Å²) in [4.78, 5) is 11.8. The highest BCUT2D eigenvalue weighted by Gasteiger charge is 2.40. The van der Waals surface area contributed by atoms with Gasteiger partial charge >= 0.3 is 5.97 Å². The van der Waals surface area contributed by atoms with Crippen LogP contribution in [0.25, 0.3) is 0 Å². The molecule has 1 aliphatic rings. The van der Waals surface area contributed by atoms with Crippen LogP contribution in [0.4, 0.5) is 4.39 Å². The number of benzene rings is 3. The normalized spacial score (nSPS) is 18.5. The summed E-state index contributed by atoms with van der Waals surface area (Å²) in [6.07, 6.45) is 6.65. The molecule has 7 nitrogen and oxygen atoms in total. The van der Waals surface area contributed by atoms with E-state index in [9.17, 15) is 17.6 Å². The third kappa shape index (κ3) is 7.12. The molecule has 0 fully saturated rings. The fourth-order valence-electron chi connectivity index (χ4n) is 5.15. The van der Waals surface area contributed by atoms with Crippen LogP contribution in [-0.4, -0.2) is 43.2 Å². The molecule has 0 amide bonds. The van der Waals surface area contributed by atoms with Crippen molar-refractivity contribution in [1.29, 1.82) is 0 Å². The molecule has 0 aliphatic carbocycles. The lowest BCUT2D eigenvalue weighted by molar-refractivity contribution is -0.131. The number of unbranched alkanes of at least 4 members (excludes halogenated alkanes) is 1. The highest BCUT2D eigenvalue weighted by molar-refractivity contribution is 7.98. The largest absolute Gasteiger partial charge is 0.497 e.